The number of hydrogen-bond acceptors (Lipinski definition) is 2. The smallest absolute Gasteiger partial charge is 0.145 e. The zero-order valence-electron chi connectivity index (χ0n) is 31.1. The van der Waals surface area contributed by atoms with Gasteiger partial charge in [0, 0.05) is 11.1 Å². The molecule has 1 N–H and O–H groups in total. The highest BCUT2D eigenvalue weighted by Gasteiger charge is 2.26. The summed E-state index contributed by atoms with van der Waals surface area (Å²) in [7, 11) is 6.45. The van der Waals surface area contributed by atoms with Crippen molar-refractivity contribution in [2.45, 2.75) is 0 Å². The van der Waals surface area contributed by atoms with Crippen LogP contribution in [-0.2, 0) is 0 Å². The zero-order valence-corrected chi connectivity index (χ0v) is 31.1. The van der Waals surface area contributed by atoms with E-state index >= 15 is 0 Å². The van der Waals surface area contributed by atoms with Gasteiger partial charge in [0.1, 0.15) is 29.3 Å². The lowest BCUT2D eigenvalue weighted by atomic mass is 9.68. The summed E-state index contributed by atoms with van der Waals surface area (Å²) in [6.07, 6.45) is 0. The Morgan fingerprint density at radius 2 is 0.891 bits per heavy atom. The molecule has 0 amide bonds. The third-order valence-electron chi connectivity index (χ3n) is 11.7. The second-order valence-corrected chi connectivity index (χ2v) is 14.7. The number of aromatic hydroxyl groups is 1. The molecule has 0 saturated heterocycles. The fourth-order valence-corrected chi connectivity index (χ4v) is 8.93. The van der Waals surface area contributed by atoms with E-state index in [0.29, 0.717) is 0 Å². The van der Waals surface area contributed by atoms with Crippen molar-refractivity contribution < 1.29 is 5.11 Å². The van der Waals surface area contributed by atoms with Gasteiger partial charge in [-0.2, -0.15) is 0 Å². The van der Waals surface area contributed by atoms with Crippen LogP contribution < -0.4 is 21.3 Å². The third-order valence-corrected chi connectivity index (χ3v) is 11.7. The molecule has 0 atom stereocenters. The van der Waals surface area contributed by atoms with Gasteiger partial charge in [-0.05, 0) is 100 Å². The second kappa shape index (κ2) is 13.0. The van der Waals surface area contributed by atoms with E-state index in [-0.39, 0.29) is 5.75 Å². The Morgan fingerprint density at radius 3 is 1.56 bits per heavy atom. The molecule has 5 heteroatoms. The largest absolute Gasteiger partial charge is 0.506 e. The maximum Gasteiger partial charge on any atom is 0.145 e. The minimum Gasteiger partial charge on any atom is -0.506 e. The van der Waals surface area contributed by atoms with Crippen LogP contribution in [0.3, 0.4) is 0 Å². The molecule has 256 valence electrons. The van der Waals surface area contributed by atoms with Gasteiger partial charge in [0.05, 0.1) is 11.4 Å². The molecule has 0 radical (unpaired) electrons. The van der Waals surface area contributed by atoms with Crippen LogP contribution in [0.1, 0.15) is 0 Å². The summed E-state index contributed by atoms with van der Waals surface area (Å²) in [6.45, 7) is 0. The van der Waals surface area contributed by atoms with Crippen LogP contribution in [0.2, 0.25) is 0 Å². The normalized spacial score (nSPS) is 11.6. The number of fused-ring (bicyclic) bond motifs is 7. The molecule has 0 spiro atoms. The zero-order chi connectivity index (χ0) is 37.2. The molecule has 0 saturated carbocycles. The first-order valence-corrected chi connectivity index (χ1v) is 19.0. The monoisotopic (exact) mass is 699 g/mol. The summed E-state index contributed by atoms with van der Waals surface area (Å²) < 4.78 is 0. The maximum atomic E-state index is 12.7. The number of benzene rings is 10. The number of rotatable bonds is 5. The number of phenols is 1. The lowest BCUT2D eigenvalue weighted by molar-refractivity contribution is 0.481. The highest BCUT2D eigenvalue weighted by molar-refractivity contribution is 6.57. The van der Waals surface area contributed by atoms with Crippen molar-refractivity contribution in [2.75, 3.05) is 4.90 Å². The summed E-state index contributed by atoms with van der Waals surface area (Å²) in [5, 5.41) is 24.6. The van der Waals surface area contributed by atoms with E-state index in [1.807, 2.05) is 0 Å². The molecule has 10 rings (SSSR count). The number of phenolic OH excluding ortho intramolecular Hbond substituents is 1. The first kappa shape index (κ1) is 32.9. The van der Waals surface area contributed by atoms with Gasteiger partial charge in [0.15, 0.2) is 0 Å². The molecular formula is C50H36B3NO. The van der Waals surface area contributed by atoms with Crippen molar-refractivity contribution in [3.63, 3.8) is 0 Å². The van der Waals surface area contributed by atoms with Gasteiger partial charge in [-0.3, -0.25) is 0 Å². The molecule has 0 aromatic heterocycles. The first-order chi connectivity index (χ1) is 27.0. The molecule has 0 aliphatic rings. The fourth-order valence-electron chi connectivity index (χ4n) is 8.93. The summed E-state index contributed by atoms with van der Waals surface area (Å²) >= 11 is 0. The molecule has 10 aromatic rings. The second-order valence-electron chi connectivity index (χ2n) is 14.7. The van der Waals surface area contributed by atoms with E-state index in [1.54, 1.807) is 0 Å². The van der Waals surface area contributed by atoms with Crippen molar-refractivity contribution in [3.8, 4) is 28.0 Å². The third kappa shape index (κ3) is 5.22. The summed E-state index contributed by atoms with van der Waals surface area (Å²) in [4.78, 5) is 2.29. The van der Waals surface area contributed by atoms with Crippen LogP contribution in [0.4, 0.5) is 17.1 Å². The molecule has 0 aliphatic heterocycles. The molecule has 10 aromatic carbocycles. The van der Waals surface area contributed by atoms with Gasteiger partial charge in [-0.15, -0.1) is 0 Å². The van der Waals surface area contributed by atoms with Crippen LogP contribution in [0.15, 0.2) is 176 Å². The van der Waals surface area contributed by atoms with E-state index in [2.05, 4.69) is 204 Å². The topological polar surface area (TPSA) is 23.5 Å². The van der Waals surface area contributed by atoms with Gasteiger partial charge in [0.25, 0.3) is 0 Å². The Bertz CT molecular complexity index is 3120. The minimum atomic E-state index is 0.283. The van der Waals surface area contributed by atoms with Crippen molar-refractivity contribution in [2.24, 2.45) is 0 Å². The fraction of sp³-hybridized carbons (Fsp3) is 0. The maximum absolute atomic E-state index is 12.7. The van der Waals surface area contributed by atoms with Crippen LogP contribution in [0.5, 0.6) is 5.75 Å². The number of hydrogen-bond donors (Lipinski definition) is 1. The Labute approximate surface area is 323 Å². The van der Waals surface area contributed by atoms with E-state index < -0.39 is 0 Å². The predicted molar refractivity (Wildman–Crippen MR) is 246 cm³/mol. The van der Waals surface area contributed by atoms with Crippen LogP contribution in [0, 0.1) is 0 Å². The van der Waals surface area contributed by atoms with Crippen LogP contribution in [-0.4, -0.2) is 28.6 Å². The molecule has 0 heterocycles. The van der Waals surface area contributed by atoms with Gasteiger partial charge >= 0.3 is 0 Å². The molecule has 2 nitrogen and oxygen atoms in total. The average Bonchev–Trinajstić information content (AvgIpc) is 3.24. The van der Waals surface area contributed by atoms with Crippen molar-refractivity contribution in [1.29, 1.82) is 0 Å². The highest BCUT2D eigenvalue weighted by atomic mass is 16.3. The summed E-state index contributed by atoms with van der Waals surface area (Å²) in [6, 6.07) is 62.9. The van der Waals surface area contributed by atoms with Gasteiger partial charge < -0.3 is 10.0 Å². The van der Waals surface area contributed by atoms with E-state index in [0.717, 1.165) is 60.9 Å². The van der Waals surface area contributed by atoms with E-state index in [9.17, 15) is 5.11 Å². The summed E-state index contributed by atoms with van der Waals surface area (Å²) in [5.41, 5.74) is 10.4. The van der Waals surface area contributed by atoms with E-state index in [4.69, 9.17) is 0 Å². The van der Waals surface area contributed by atoms with Gasteiger partial charge in [0.2, 0.25) is 0 Å². The Hall–Kier alpha value is -6.71. The molecule has 0 unspecified atom stereocenters. The Balaban J connectivity index is 1.24. The minimum absolute atomic E-state index is 0.283. The Morgan fingerprint density at radius 1 is 0.382 bits per heavy atom. The average molecular weight is 699 g/mol. The lowest BCUT2D eigenvalue weighted by Gasteiger charge is -2.32. The molecule has 0 bridgehead atoms. The van der Waals surface area contributed by atoms with Crippen LogP contribution in [0.25, 0.3) is 76.1 Å². The Kier molecular flexibility index (Phi) is 7.78. The predicted octanol–water partition coefficient (Wildman–Crippen LogP) is 8.74. The number of nitrogens with zero attached hydrogens (tertiary/aromatic N) is 1. The molecule has 55 heavy (non-hydrogen) atoms. The summed E-state index contributed by atoms with van der Waals surface area (Å²) in [5.74, 6) is 0.283. The molecular weight excluding hydrogens is 663 g/mol. The molecule has 0 aliphatic carbocycles. The first-order valence-electron chi connectivity index (χ1n) is 19.0. The van der Waals surface area contributed by atoms with Crippen molar-refractivity contribution in [1.82, 2.24) is 0 Å². The quantitative estimate of drug-likeness (QED) is 0.144. The standard InChI is InChI=1S/C50H36B3NO/c51-46-45(43-28-32-13-2-5-17-37(32)39-19-7-8-21-41(39)43)47(52)50(55)49(48(46)53)54(44-29-33-14-3-6-18-38(33)40-20-9-10-22-42(40)44)34-26-24-31(25-27-34)36-23-11-15-30-12-1-4-16-35(30)36/h1-29,55H,51-53H2. The highest BCUT2D eigenvalue weighted by Crippen LogP contribution is 2.45. The van der Waals surface area contributed by atoms with Gasteiger partial charge in [-0.25, -0.2) is 0 Å². The van der Waals surface area contributed by atoms with E-state index in [1.165, 1.54) is 48.7 Å². The molecule has 0 fully saturated rings. The number of anilines is 3. The lowest BCUT2D eigenvalue weighted by Crippen LogP contribution is -2.37. The SMILES string of the molecule is Bc1c(B)c(N(c2ccc(-c3cccc4ccccc34)cc2)c2cc3ccccc3c3ccccc23)c(O)c(B)c1-c1cc2ccccc2c2ccccc12. The van der Waals surface area contributed by atoms with Crippen molar-refractivity contribution in [3.05, 3.63) is 176 Å². The van der Waals surface area contributed by atoms with Crippen molar-refractivity contribution >= 4 is 111 Å². The van der Waals surface area contributed by atoms with Gasteiger partial charge in [-0.1, -0.05) is 163 Å². The van der Waals surface area contributed by atoms with Crippen LogP contribution >= 0.6 is 0 Å².